The molecule has 2 heterocycles. The Hall–Kier alpha value is -2.61. The van der Waals surface area contributed by atoms with Gasteiger partial charge in [-0.25, -0.2) is 4.39 Å². The van der Waals surface area contributed by atoms with Crippen molar-refractivity contribution in [2.45, 2.75) is 13.5 Å². The first-order valence-electron chi connectivity index (χ1n) is 7.05. The van der Waals surface area contributed by atoms with Crippen LogP contribution in [-0.2, 0) is 11.3 Å². The average Bonchev–Trinajstić information content (AvgIpc) is 3.21. The Kier molecular flexibility index (Phi) is 4.42. The number of hydrogen-bond acceptors (Lipinski definition) is 5. The van der Waals surface area contributed by atoms with E-state index in [9.17, 15) is 9.18 Å². The summed E-state index contributed by atoms with van der Waals surface area (Å²) in [5.74, 6) is -0.0253. The van der Waals surface area contributed by atoms with E-state index in [0.29, 0.717) is 18.1 Å². The van der Waals surface area contributed by atoms with Crippen LogP contribution >= 0.6 is 11.3 Å². The number of hydrogen-bond donors (Lipinski definition) is 0. The van der Waals surface area contributed by atoms with E-state index in [0.717, 1.165) is 4.88 Å². The Morgan fingerprint density at radius 1 is 1.30 bits per heavy atom. The van der Waals surface area contributed by atoms with Crippen molar-refractivity contribution in [1.29, 1.82) is 0 Å². The van der Waals surface area contributed by atoms with Crippen molar-refractivity contribution in [3.8, 4) is 10.7 Å². The number of halogens is 1. The molecule has 3 rings (SSSR count). The van der Waals surface area contributed by atoms with Crippen LogP contribution in [0.5, 0.6) is 0 Å². The van der Waals surface area contributed by atoms with Gasteiger partial charge < -0.3 is 4.90 Å². The van der Waals surface area contributed by atoms with E-state index in [4.69, 9.17) is 0 Å². The standard InChI is InChI=1S/C15H14FN5OS/c1-2-20(12-7-5-11(16)6-8-12)14(22)10-21-18-15(17-19-21)13-4-3-9-23-13/h3-9H,2,10H2,1H3. The third-order valence-corrected chi connectivity index (χ3v) is 4.09. The van der Waals surface area contributed by atoms with Gasteiger partial charge in [0.2, 0.25) is 5.82 Å². The zero-order valence-electron chi connectivity index (χ0n) is 12.4. The van der Waals surface area contributed by atoms with E-state index >= 15 is 0 Å². The number of nitrogens with zero attached hydrogens (tertiary/aromatic N) is 5. The number of rotatable bonds is 5. The van der Waals surface area contributed by atoms with Gasteiger partial charge in [-0.3, -0.25) is 4.79 Å². The second kappa shape index (κ2) is 6.66. The van der Waals surface area contributed by atoms with Gasteiger partial charge in [-0.05, 0) is 47.8 Å². The first-order valence-corrected chi connectivity index (χ1v) is 7.93. The number of amides is 1. The number of carbonyl (C=O) groups is 1. The molecule has 1 aromatic carbocycles. The van der Waals surface area contributed by atoms with Gasteiger partial charge in [-0.15, -0.1) is 21.5 Å². The Bertz CT molecular complexity index is 785. The smallest absolute Gasteiger partial charge is 0.250 e. The number of carbonyl (C=O) groups excluding carboxylic acids is 1. The van der Waals surface area contributed by atoms with Crippen molar-refractivity contribution in [3.63, 3.8) is 0 Å². The number of tetrazole rings is 1. The molecule has 0 N–H and O–H groups in total. The number of likely N-dealkylation sites (N-methyl/N-ethyl adjacent to an activating group) is 1. The van der Waals surface area contributed by atoms with Crippen LogP contribution in [0.4, 0.5) is 10.1 Å². The van der Waals surface area contributed by atoms with Crippen LogP contribution in [0.1, 0.15) is 6.92 Å². The molecule has 0 unspecified atom stereocenters. The third kappa shape index (κ3) is 3.42. The molecule has 0 spiro atoms. The zero-order chi connectivity index (χ0) is 16.2. The van der Waals surface area contributed by atoms with Crippen LogP contribution in [0.15, 0.2) is 41.8 Å². The van der Waals surface area contributed by atoms with Crippen LogP contribution in [0.25, 0.3) is 10.7 Å². The molecule has 0 atom stereocenters. The Balaban J connectivity index is 1.73. The lowest BCUT2D eigenvalue weighted by atomic mass is 10.2. The van der Waals surface area contributed by atoms with E-state index in [-0.39, 0.29) is 18.3 Å². The number of benzene rings is 1. The summed E-state index contributed by atoms with van der Waals surface area (Å²) in [7, 11) is 0. The van der Waals surface area contributed by atoms with Crippen molar-refractivity contribution < 1.29 is 9.18 Å². The lowest BCUT2D eigenvalue weighted by molar-refractivity contribution is -0.119. The van der Waals surface area contributed by atoms with Crippen LogP contribution in [0.3, 0.4) is 0 Å². The second-order valence-corrected chi connectivity index (χ2v) is 5.68. The molecule has 0 saturated heterocycles. The molecule has 3 aromatic rings. The lowest BCUT2D eigenvalue weighted by Gasteiger charge is -2.20. The summed E-state index contributed by atoms with van der Waals surface area (Å²) < 4.78 is 13.0. The summed E-state index contributed by atoms with van der Waals surface area (Å²) in [6.45, 7) is 2.30. The number of anilines is 1. The average molecular weight is 331 g/mol. The van der Waals surface area contributed by atoms with E-state index in [1.54, 1.807) is 17.0 Å². The minimum Gasteiger partial charge on any atom is -0.311 e. The molecule has 0 radical (unpaired) electrons. The molecule has 0 aliphatic heterocycles. The van der Waals surface area contributed by atoms with Crippen LogP contribution in [0.2, 0.25) is 0 Å². The highest BCUT2D eigenvalue weighted by molar-refractivity contribution is 7.13. The largest absolute Gasteiger partial charge is 0.311 e. The minimum atomic E-state index is -0.337. The summed E-state index contributed by atoms with van der Waals surface area (Å²) in [6.07, 6.45) is 0. The predicted molar refractivity (Wildman–Crippen MR) is 85.6 cm³/mol. The van der Waals surface area contributed by atoms with Gasteiger partial charge in [-0.1, -0.05) is 6.07 Å². The predicted octanol–water partition coefficient (Wildman–Crippen LogP) is 2.59. The van der Waals surface area contributed by atoms with Crippen LogP contribution in [0, 0.1) is 5.82 Å². The monoisotopic (exact) mass is 331 g/mol. The molecule has 23 heavy (non-hydrogen) atoms. The molecule has 8 heteroatoms. The molecule has 0 saturated carbocycles. The van der Waals surface area contributed by atoms with Gasteiger partial charge in [0.1, 0.15) is 12.4 Å². The highest BCUT2D eigenvalue weighted by Crippen LogP contribution is 2.19. The Morgan fingerprint density at radius 2 is 2.09 bits per heavy atom. The summed E-state index contributed by atoms with van der Waals surface area (Å²) in [4.78, 5) is 16.1. The van der Waals surface area contributed by atoms with Crippen molar-refractivity contribution in [2.75, 3.05) is 11.4 Å². The van der Waals surface area contributed by atoms with Crippen molar-refractivity contribution in [2.24, 2.45) is 0 Å². The normalized spacial score (nSPS) is 10.7. The van der Waals surface area contributed by atoms with Gasteiger partial charge in [0.25, 0.3) is 5.91 Å². The van der Waals surface area contributed by atoms with E-state index in [2.05, 4.69) is 15.4 Å². The van der Waals surface area contributed by atoms with Gasteiger partial charge in [0.05, 0.1) is 4.88 Å². The van der Waals surface area contributed by atoms with E-state index in [1.165, 1.54) is 28.3 Å². The molecule has 1 amide bonds. The third-order valence-electron chi connectivity index (χ3n) is 3.23. The van der Waals surface area contributed by atoms with Crippen LogP contribution in [-0.4, -0.2) is 32.7 Å². The van der Waals surface area contributed by atoms with Gasteiger partial charge >= 0.3 is 0 Å². The molecule has 0 bridgehead atoms. The highest BCUT2D eigenvalue weighted by Gasteiger charge is 2.16. The number of thiophene rings is 1. The fraction of sp³-hybridized carbons (Fsp3) is 0.200. The van der Waals surface area contributed by atoms with Gasteiger partial charge in [0.15, 0.2) is 0 Å². The van der Waals surface area contributed by atoms with Gasteiger partial charge in [0, 0.05) is 12.2 Å². The molecular formula is C15H14FN5OS. The first-order chi connectivity index (χ1) is 11.2. The highest BCUT2D eigenvalue weighted by atomic mass is 32.1. The second-order valence-electron chi connectivity index (χ2n) is 4.74. The molecule has 118 valence electrons. The summed E-state index contributed by atoms with van der Waals surface area (Å²) in [6, 6.07) is 9.59. The lowest BCUT2D eigenvalue weighted by Crippen LogP contribution is -2.34. The fourth-order valence-electron chi connectivity index (χ4n) is 2.14. The number of aromatic nitrogens is 4. The van der Waals surface area contributed by atoms with Crippen molar-refractivity contribution in [1.82, 2.24) is 20.2 Å². The van der Waals surface area contributed by atoms with E-state index < -0.39 is 0 Å². The summed E-state index contributed by atoms with van der Waals surface area (Å²) in [5.41, 5.74) is 0.637. The quantitative estimate of drug-likeness (QED) is 0.721. The maximum atomic E-state index is 13.0. The first kappa shape index (κ1) is 15.3. The molecule has 6 nitrogen and oxygen atoms in total. The zero-order valence-corrected chi connectivity index (χ0v) is 13.2. The maximum Gasteiger partial charge on any atom is 0.250 e. The van der Waals surface area contributed by atoms with Crippen molar-refractivity contribution >= 4 is 22.9 Å². The molecular weight excluding hydrogens is 317 g/mol. The molecule has 2 aromatic heterocycles. The topological polar surface area (TPSA) is 63.9 Å². The van der Waals surface area contributed by atoms with E-state index in [1.807, 2.05) is 24.4 Å². The maximum absolute atomic E-state index is 13.0. The molecule has 0 aliphatic rings. The van der Waals surface area contributed by atoms with Gasteiger partial charge in [-0.2, -0.15) is 4.80 Å². The summed E-state index contributed by atoms with van der Waals surface area (Å²) in [5, 5.41) is 14.0. The molecule has 0 aliphatic carbocycles. The van der Waals surface area contributed by atoms with Crippen molar-refractivity contribution in [3.05, 3.63) is 47.6 Å². The van der Waals surface area contributed by atoms with Crippen LogP contribution < -0.4 is 4.90 Å². The fourth-order valence-corrected chi connectivity index (χ4v) is 2.79. The summed E-state index contributed by atoms with van der Waals surface area (Å²) >= 11 is 1.51. The SMILES string of the molecule is CCN(C(=O)Cn1nnc(-c2cccs2)n1)c1ccc(F)cc1. The Labute approximate surface area is 136 Å². The Morgan fingerprint density at radius 3 is 2.74 bits per heavy atom. The molecule has 0 fully saturated rings. The minimum absolute atomic E-state index is 0.0242.